The van der Waals surface area contributed by atoms with Crippen molar-refractivity contribution >= 4 is 11.7 Å². The highest BCUT2D eigenvalue weighted by molar-refractivity contribution is 5.93. The molecule has 0 aliphatic heterocycles. The minimum Gasteiger partial charge on any atom is -0.487 e. The van der Waals surface area contributed by atoms with Crippen molar-refractivity contribution in [1.29, 1.82) is 0 Å². The van der Waals surface area contributed by atoms with E-state index in [4.69, 9.17) is 15.2 Å². The maximum absolute atomic E-state index is 12.2. The third-order valence-electron chi connectivity index (χ3n) is 2.04. The van der Waals surface area contributed by atoms with Crippen molar-refractivity contribution < 1.29 is 14.3 Å². The fourth-order valence-electron chi connectivity index (χ4n) is 1.46. The van der Waals surface area contributed by atoms with Crippen LogP contribution in [0.25, 0.3) is 0 Å². The molecule has 0 heterocycles. The Balaban J connectivity index is 3.10. The highest BCUT2D eigenvalue weighted by Crippen LogP contribution is 2.27. The molecule has 0 bridgehead atoms. The normalized spacial score (nSPS) is 12.1. The predicted molar refractivity (Wildman–Crippen MR) is 76.4 cm³/mol. The molecule has 0 atom stereocenters. The fourth-order valence-corrected chi connectivity index (χ4v) is 1.46. The molecule has 0 unspecified atom stereocenters. The summed E-state index contributed by atoms with van der Waals surface area (Å²) in [7, 11) is 0. The zero-order valence-corrected chi connectivity index (χ0v) is 12.5. The lowest BCUT2D eigenvalue weighted by atomic mass is 10.1. The van der Waals surface area contributed by atoms with E-state index in [0.717, 1.165) is 0 Å². The van der Waals surface area contributed by atoms with Gasteiger partial charge in [0.15, 0.2) is 0 Å². The van der Waals surface area contributed by atoms with Crippen LogP contribution in [0.4, 0.5) is 5.69 Å². The second kappa shape index (κ2) is 5.11. The Morgan fingerprint density at radius 2 is 1.63 bits per heavy atom. The van der Waals surface area contributed by atoms with E-state index in [1.54, 1.807) is 18.2 Å². The number of carbonyl (C=O) groups excluding carboxylic acids is 1. The number of hydrogen-bond acceptors (Lipinski definition) is 4. The first-order chi connectivity index (χ1) is 8.48. The number of anilines is 1. The summed E-state index contributed by atoms with van der Waals surface area (Å²) in [5.74, 6) is 0.0509. The predicted octanol–water partition coefficient (Wildman–Crippen LogP) is 3.40. The summed E-state index contributed by atoms with van der Waals surface area (Å²) in [6.45, 7) is 11.2. The first kappa shape index (κ1) is 15.3. The third-order valence-corrected chi connectivity index (χ3v) is 2.04. The molecule has 1 aromatic rings. The van der Waals surface area contributed by atoms with Crippen LogP contribution in [0.15, 0.2) is 18.2 Å². The number of rotatable bonds is 2. The molecule has 4 heteroatoms. The minimum absolute atomic E-state index is 0.352. The van der Waals surface area contributed by atoms with Crippen LogP contribution in [0.2, 0.25) is 0 Å². The van der Waals surface area contributed by atoms with Gasteiger partial charge in [-0.1, -0.05) is 0 Å². The van der Waals surface area contributed by atoms with Gasteiger partial charge in [0.05, 0.1) is 0 Å². The van der Waals surface area contributed by atoms with Crippen molar-refractivity contribution in [1.82, 2.24) is 0 Å². The van der Waals surface area contributed by atoms with Crippen molar-refractivity contribution in [3.8, 4) is 5.75 Å². The van der Waals surface area contributed by atoms with Gasteiger partial charge in [-0.25, -0.2) is 4.79 Å². The molecule has 0 aliphatic carbocycles. The molecular weight excluding hydrogens is 242 g/mol. The van der Waals surface area contributed by atoms with Gasteiger partial charge in [-0.05, 0) is 59.7 Å². The molecule has 0 spiro atoms. The molecule has 19 heavy (non-hydrogen) atoms. The van der Waals surface area contributed by atoms with Crippen molar-refractivity contribution in [3.63, 3.8) is 0 Å². The maximum atomic E-state index is 12.2. The topological polar surface area (TPSA) is 61.5 Å². The molecule has 0 aliphatic rings. The smallest absolute Gasteiger partial charge is 0.342 e. The molecule has 1 aromatic carbocycles. The van der Waals surface area contributed by atoms with Crippen LogP contribution < -0.4 is 10.5 Å². The molecule has 0 fully saturated rings. The van der Waals surface area contributed by atoms with E-state index in [-0.39, 0.29) is 0 Å². The lowest BCUT2D eigenvalue weighted by Crippen LogP contribution is -2.27. The highest BCUT2D eigenvalue weighted by atomic mass is 16.6. The average molecular weight is 265 g/mol. The van der Waals surface area contributed by atoms with Gasteiger partial charge in [-0.2, -0.15) is 0 Å². The molecule has 2 N–H and O–H groups in total. The van der Waals surface area contributed by atoms with Crippen LogP contribution in [0.5, 0.6) is 5.75 Å². The summed E-state index contributed by atoms with van der Waals surface area (Å²) in [4.78, 5) is 12.2. The maximum Gasteiger partial charge on any atom is 0.342 e. The molecular formula is C15H23NO3. The molecule has 0 saturated carbocycles. The van der Waals surface area contributed by atoms with E-state index in [0.29, 0.717) is 17.0 Å². The van der Waals surface area contributed by atoms with E-state index < -0.39 is 17.2 Å². The van der Waals surface area contributed by atoms with Crippen LogP contribution >= 0.6 is 0 Å². The third kappa shape index (κ3) is 5.20. The Labute approximate surface area is 114 Å². The molecule has 4 nitrogen and oxygen atoms in total. The van der Waals surface area contributed by atoms with Gasteiger partial charge < -0.3 is 15.2 Å². The number of hydrogen-bond donors (Lipinski definition) is 1. The minimum atomic E-state index is -0.555. The zero-order valence-electron chi connectivity index (χ0n) is 12.5. The van der Waals surface area contributed by atoms with Crippen molar-refractivity contribution in [2.75, 3.05) is 5.73 Å². The van der Waals surface area contributed by atoms with Gasteiger partial charge in [0.2, 0.25) is 0 Å². The second-order valence-corrected chi connectivity index (χ2v) is 6.47. The van der Waals surface area contributed by atoms with E-state index in [2.05, 4.69) is 0 Å². The fraction of sp³-hybridized carbons (Fsp3) is 0.533. The van der Waals surface area contributed by atoms with E-state index in [9.17, 15) is 4.79 Å². The Bertz CT molecular complexity index is 467. The summed E-state index contributed by atoms with van der Waals surface area (Å²) in [5, 5.41) is 0. The Kier molecular flexibility index (Phi) is 4.13. The molecule has 0 radical (unpaired) electrons. The van der Waals surface area contributed by atoms with Crippen LogP contribution in [0.1, 0.15) is 51.9 Å². The van der Waals surface area contributed by atoms with Gasteiger partial charge in [0.1, 0.15) is 22.5 Å². The standard InChI is InChI=1S/C15H23NO3/c1-14(2,3)18-12-8-7-10(16)9-11(12)13(17)19-15(4,5)6/h7-9H,16H2,1-6H3. The lowest BCUT2D eigenvalue weighted by molar-refractivity contribution is 0.00616. The number of nitrogen functional groups attached to an aromatic ring is 1. The summed E-state index contributed by atoms with van der Waals surface area (Å²) in [6, 6.07) is 4.98. The first-order valence-corrected chi connectivity index (χ1v) is 6.30. The van der Waals surface area contributed by atoms with Crippen LogP contribution in [-0.2, 0) is 4.74 Å². The molecule has 1 rings (SSSR count). The second-order valence-electron chi connectivity index (χ2n) is 6.47. The summed E-state index contributed by atoms with van der Waals surface area (Å²) in [6.07, 6.45) is 0. The Hall–Kier alpha value is -1.71. The van der Waals surface area contributed by atoms with Gasteiger partial charge in [0, 0.05) is 5.69 Å². The van der Waals surface area contributed by atoms with Gasteiger partial charge in [-0.15, -0.1) is 0 Å². The quantitative estimate of drug-likeness (QED) is 0.657. The van der Waals surface area contributed by atoms with Crippen LogP contribution in [0.3, 0.4) is 0 Å². The SMILES string of the molecule is CC(C)(C)OC(=O)c1cc(N)ccc1OC(C)(C)C. The molecule has 106 valence electrons. The van der Waals surface area contributed by atoms with Crippen LogP contribution in [-0.4, -0.2) is 17.2 Å². The van der Waals surface area contributed by atoms with Gasteiger partial charge in [0.25, 0.3) is 0 Å². The van der Waals surface area contributed by atoms with Gasteiger partial charge in [-0.3, -0.25) is 0 Å². The Morgan fingerprint density at radius 3 is 2.11 bits per heavy atom. The number of nitrogens with two attached hydrogens (primary N) is 1. The van der Waals surface area contributed by atoms with E-state index in [1.165, 1.54) is 0 Å². The van der Waals surface area contributed by atoms with Crippen molar-refractivity contribution in [2.45, 2.75) is 52.7 Å². The molecule has 0 amide bonds. The number of carbonyl (C=O) groups is 1. The number of benzene rings is 1. The average Bonchev–Trinajstić information content (AvgIpc) is 2.16. The van der Waals surface area contributed by atoms with Crippen molar-refractivity contribution in [2.24, 2.45) is 0 Å². The summed E-state index contributed by atoms with van der Waals surface area (Å²) in [5.41, 5.74) is 5.63. The van der Waals surface area contributed by atoms with E-state index >= 15 is 0 Å². The summed E-state index contributed by atoms with van der Waals surface area (Å²) < 4.78 is 11.1. The largest absolute Gasteiger partial charge is 0.487 e. The number of esters is 1. The monoisotopic (exact) mass is 265 g/mol. The molecule has 0 saturated heterocycles. The molecule has 0 aromatic heterocycles. The summed E-state index contributed by atoms with van der Waals surface area (Å²) >= 11 is 0. The first-order valence-electron chi connectivity index (χ1n) is 6.30. The Morgan fingerprint density at radius 1 is 1.05 bits per heavy atom. The van der Waals surface area contributed by atoms with Crippen molar-refractivity contribution in [3.05, 3.63) is 23.8 Å². The lowest BCUT2D eigenvalue weighted by Gasteiger charge is -2.24. The zero-order chi connectivity index (χ0) is 14.8. The van der Waals surface area contributed by atoms with Crippen LogP contribution in [0, 0.1) is 0 Å². The van der Waals surface area contributed by atoms with Gasteiger partial charge >= 0.3 is 5.97 Å². The number of ether oxygens (including phenoxy) is 2. The van der Waals surface area contributed by atoms with E-state index in [1.807, 2.05) is 41.5 Å². The highest BCUT2D eigenvalue weighted by Gasteiger charge is 2.23.